The van der Waals surface area contributed by atoms with Crippen molar-refractivity contribution in [3.8, 4) is 11.5 Å². The van der Waals surface area contributed by atoms with Crippen LogP contribution in [-0.4, -0.2) is 25.3 Å². The fraction of sp³-hybridized carbons (Fsp3) is 0.500. The average molecular weight is 220 g/mol. The molecule has 0 saturated carbocycles. The molecule has 0 aromatic heterocycles. The summed E-state index contributed by atoms with van der Waals surface area (Å²) >= 11 is 0. The van der Waals surface area contributed by atoms with Gasteiger partial charge in [-0.05, 0) is 12.0 Å². The molecule has 0 bridgehead atoms. The van der Waals surface area contributed by atoms with E-state index < -0.39 is 0 Å². The van der Waals surface area contributed by atoms with Crippen LogP contribution >= 0.6 is 0 Å². The van der Waals surface area contributed by atoms with Crippen LogP contribution in [0.3, 0.4) is 0 Å². The van der Waals surface area contributed by atoms with Gasteiger partial charge in [-0.3, -0.25) is 0 Å². The second-order valence-electron chi connectivity index (χ2n) is 4.55. The first kappa shape index (κ1) is 9.78. The molecular formula is C12H16N2O2. The molecule has 2 heterocycles. The van der Waals surface area contributed by atoms with Crippen LogP contribution in [0.15, 0.2) is 6.07 Å². The first-order valence-electron chi connectivity index (χ1n) is 5.66. The Hall–Kier alpha value is -1.42. The Bertz CT molecular complexity index is 445. The molecule has 4 heteroatoms. The van der Waals surface area contributed by atoms with Gasteiger partial charge in [0.25, 0.3) is 0 Å². The quantitative estimate of drug-likeness (QED) is 0.689. The molecule has 0 fully saturated rings. The lowest BCUT2D eigenvalue weighted by Gasteiger charge is -2.26. The standard InChI is InChI=1S/C12H16N2O2/c1-14-4-2-7-9(14)6-10(15)12-11(7)8(13)3-5-16-12/h6,8,15H,2-5,13H2,1H3. The van der Waals surface area contributed by atoms with Crippen molar-refractivity contribution in [3.63, 3.8) is 0 Å². The van der Waals surface area contributed by atoms with E-state index in [9.17, 15) is 5.11 Å². The Morgan fingerprint density at radius 1 is 1.56 bits per heavy atom. The zero-order valence-corrected chi connectivity index (χ0v) is 9.36. The fourth-order valence-electron chi connectivity index (χ4n) is 2.67. The minimum Gasteiger partial charge on any atom is -0.504 e. The molecule has 1 aromatic rings. The minimum atomic E-state index is -0.00361. The highest BCUT2D eigenvalue weighted by molar-refractivity contribution is 5.69. The van der Waals surface area contributed by atoms with Gasteiger partial charge in [0.05, 0.1) is 6.61 Å². The number of phenolic OH excluding ortho intramolecular Hbond substituents is 1. The molecule has 0 saturated heterocycles. The van der Waals surface area contributed by atoms with Crippen molar-refractivity contribution < 1.29 is 9.84 Å². The summed E-state index contributed by atoms with van der Waals surface area (Å²) < 4.78 is 5.54. The number of nitrogens with two attached hydrogens (primary N) is 1. The Morgan fingerprint density at radius 3 is 3.19 bits per heavy atom. The number of nitrogens with zero attached hydrogens (tertiary/aromatic N) is 1. The van der Waals surface area contributed by atoms with Gasteiger partial charge in [0.15, 0.2) is 11.5 Å². The number of benzene rings is 1. The number of phenols is 1. The van der Waals surface area contributed by atoms with Crippen molar-refractivity contribution in [2.24, 2.45) is 5.73 Å². The molecule has 0 amide bonds. The van der Waals surface area contributed by atoms with Gasteiger partial charge in [0, 0.05) is 43.4 Å². The predicted octanol–water partition coefficient (Wildman–Crippen LogP) is 1.17. The van der Waals surface area contributed by atoms with Gasteiger partial charge in [0.2, 0.25) is 0 Å². The van der Waals surface area contributed by atoms with E-state index in [0.29, 0.717) is 12.4 Å². The van der Waals surface area contributed by atoms with Gasteiger partial charge in [-0.15, -0.1) is 0 Å². The zero-order chi connectivity index (χ0) is 11.3. The minimum absolute atomic E-state index is 0.00361. The van der Waals surface area contributed by atoms with E-state index in [1.807, 2.05) is 7.05 Å². The molecule has 2 aliphatic heterocycles. The highest BCUT2D eigenvalue weighted by Crippen LogP contribution is 2.46. The Labute approximate surface area is 94.6 Å². The zero-order valence-electron chi connectivity index (χ0n) is 9.36. The average Bonchev–Trinajstić information content (AvgIpc) is 2.61. The largest absolute Gasteiger partial charge is 0.504 e. The smallest absolute Gasteiger partial charge is 0.166 e. The summed E-state index contributed by atoms with van der Waals surface area (Å²) in [6.45, 7) is 1.58. The van der Waals surface area contributed by atoms with Gasteiger partial charge in [-0.25, -0.2) is 0 Å². The van der Waals surface area contributed by atoms with Crippen LogP contribution in [0.1, 0.15) is 23.6 Å². The summed E-state index contributed by atoms with van der Waals surface area (Å²) in [5.74, 6) is 0.824. The van der Waals surface area contributed by atoms with Crippen molar-refractivity contribution in [1.29, 1.82) is 0 Å². The van der Waals surface area contributed by atoms with Crippen LogP contribution in [0.2, 0.25) is 0 Å². The molecule has 1 aromatic carbocycles. The molecule has 4 nitrogen and oxygen atoms in total. The Balaban J connectivity index is 2.25. The first-order chi connectivity index (χ1) is 7.68. The lowest BCUT2D eigenvalue weighted by Crippen LogP contribution is -2.22. The third-order valence-corrected chi connectivity index (χ3v) is 3.54. The second kappa shape index (κ2) is 3.28. The van der Waals surface area contributed by atoms with Gasteiger partial charge < -0.3 is 20.5 Å². The number of fused-ring (bicyclic) bond motifs is 3. The van der Waals surface area contributed by atoms with E-state index in [1.54, 1.807) is 6.07 Å². The number of rotatable bonds is 0. The Kier molecular flexibility index (Phi) is 2.01. The predicted molar refractivity (Wildman–Crippen MR) is 62.1 cm³/mol. The van der Waals surface area contributed by atoms with Crippen LogP contribution < -0.4 is 15.4 Å². The molecule has 1 unspecified atom stereocenters. The summed E-state index contributed by atoms with van der Waals surface area (Å²) in [4.78, 5) is 2.15. The number of anilines is 1. The molecule has 0 radical (unpaired) electrons. The normalized spacial score (nSPS) is 22.6. The monoisotopic (exact) mass is 220 g/mol. The first-order valence-corrected chi connectivity index (χ1v) is 5.66. The van der Waals surface area contributed by atoms with Crippen LogP contribution in [0.5, 0.6) is 11.5 Å². The molecule has 3 rings (SSSR count). The van der Waals surface area contributed by atoms with Crippen molar-refractivity contribution in [1.82, 2.24) is 0 Å². The number of aromatic hydroxyl groups is 1. The van der Waals surface area contributed by atoms with E-state index in [4.69, 9.17) is 10.5 Å². The lowest BCUT2D eigenvalue weighted by molar-refractivity contribution is 0.255. The molecule has 0 aliphatic carbocycles. The third kappa shape index (κ3) is 1.19. The van der Waals surface area contributed by atoms with E-state index in [2.05, 4.69) is 4.90 Å². The maximum atomic E-state index is 9.95. The molecule has 1 atom stereocenters. The number of hydrogen-bond acceptors (Lipinski definition) is 4. The second-order valence-corrected chi connectivity index (χ2v) is 4.55. The van der Waals surface area contributed by atoms with Crippen LogP contribution in [0.4, 0.5) is 5.69 Å². The molecular weight excluding hydrogens is 204 g/mol. The van der Waals surface area contributed by atoms with E-state index in [1.165, 1.54) is 5.56 Å². The van der Waals surface area contributed by atoms with Gasteiger partial charge in [-0.2, -0.15) is 0 Å². The molecule has 0 spiro atoms. The number of ether oxygens (including phenoxy) is 1. The summed E-state index contributed by atoms with van der Waals surface area (Å²) in [6, 6.07) is 1.79. The highest BCUT2D eigenvalue weighted by Gasteiger charge is 2.30. The van der Waals surface area contributed by atoms with E-state index in [-0.39, 0.29) is 11.8 Å². The van der Waals surface area contributed by atoms with Crippen LogP contribution in [0, 0.1) is 0 Å². The maximum Gasteiger partial charge on any atom is 0.166 e. The lowest BCUT2D eigenvalue weighted by atomic mass is 9.93. The summed E-state index contributed by atoms with van der Waals surface area (Å²) in [7, 11) is 2.03. The Morgan fingerprint density at radius 2 is 2.38 bits per heavy atom. The van der Waals surface area contributed by atoms with Crippen molar-refractivity contribution >= 4 is 5.69 Å². The summed E-state index contributed by atoms with van der Waals surface area (Å²) in [5, 5.41) is 9.95. The van der Waals surface area contributed by atoms with Gasteiger partial charge in [0.1, 0.15) is 0 Å². The third-order valence-electron chi connectivity index (χ3n) is 3.54. The molecule has 3 N–H and O–H groups in total. The van der Waals surface area contributed by atoms with Crippen LogP contribution in [0.25, 0.3) is 0 Å². The molecule has 2 aliphatic rings. The topological polar surface area (TPSA) is 58.7 Å². The van der Waals surface area contributed by atoms with Crippen molar-refractivity contribution in [2.45, 2.75) is 18.9 Å². The van der Waals surface area contributed by atoms with Gasteiger partial charge >= 0.3 is 0 Å². The SMILES string of the molecule is CN1CCc2c1cc(O)c1c2C(N)CCO1. The molecule has 16 heavy (non-hydrogen) atoms. The number of hydrogen-bond donors (Lipinski definition) is 2. The van der Waals surface area contributed by atoms with E-state index >= 15 is 0 Å². The van der Waals surface area contributed by atoms with E-state index in [0.717, 1.165) is 30.6 Å². The van der Waals surface area contributed by atoms with Crippen LogP contribution in [-0.2, 0) is 6.42 Å². The summed E-state index contributed by atoms with van der Waals surface area (Å²) in [6.07, 6.45) is 1.82. The highest BCUT2D eigenvalue weighted by atomic mass is 16.5. The van der Waals surface area contributed by atoms with Crippen molar-refractivity contribution in [3.05, 3.63) is 17.2 Å². The number of likely N-dealkylation sites (N-methyl/N-ethyl adjacent to an activating group) is 1. The fourth-order valence-corrected chi connectivity index (χ4v) is 2.67. The summed E-state index contributed by atoms with van der Waals surface area (Å²) in [5.41, 5.74) is 9.49. The van der Waals surface area contributed by atoms with Crippen molar-refractivity contribution in [2.75, 3.05) is 25.1 Å². The maximum absolute atomic E-state index is 9.95. The molecule has 86 valence electrons. The van der Waals surface area contributed by atoms with Gasteiger partial charge in [-0.1, -0.05) is 0 Å².